The summed E-state index contributed by atoms with van der Waals surface area (Å²) in [5.41, 5.74) is 2.98. The maximum Gasteiger partial charge on any atom is 0.235 e. The van der Waals surface area contributed by atoms with Crippen LogP contribution in [0.25, 0.3) is 0 Å². The Balaban J connectivity index is 2.42. The van der Waals surface area contributed by atoms with Crippen LogP contribution in [-0.2, 0) is 10.0 Å². The molecule has 0 spiro atoms. The molecule has 0 aliphatic carbocycles. The number of nitrogens with one attached hydrogen (secondary N) is 1. The molecule has 0 radical (unpaired) electrons. The zero-order valence-corrected chi connectivity index (χ0v) is 11.8. The van der Waals surface area contributed by atoms with E-state index < -0.39 is 10.0 Å². The van der Waals surface area contributed by atoms with Gasteiger partial charge in [0.15, 0.2) is 0 Å². The molecule has 1 aliphatic rings. The van der Waals surface area contributed by atoms with Gasteiger partial charge in [-0.15, -0.1) is 0 Å². The first-order valence-electron chi connectivity index (χ1n) is 6.30. The van der Waals surface area contributed by atoms with Gasteiger partial charge in [0.25, 0.3) is 0 Å². The number of hydrogen-bond donors (Lipinski definition) is 1. The number of benzene rings is 1. The van der Waals surface area contributed by atoms with Gasteiger partial charge in [0, 0.05) is 13.1 Å². The Bertz CT molecular complexity index is 526. The maximum atomic E-state index is 12.3. The summed E-state index contributed by atoms with van der Waals surface area (Å²) in [6, 6.07) is 5.81. The Morgan fingerprint density at radius 3 is 2.78 bits per heavy atom. The first-order chi connectivity index (χ1) is 8.52. The Labute approximate surface area is 109 Å². The smallest absolute Gasteiger partial charge is 0.235 e. The molecule has 0 aromatic heterocycles. The summed E-state index contributed by atoms with van der Waals surface area (Å²) in [6.45, 7) is 5.97. The second kappa shape index (κ2) is 5.28. The van der Waals surface area contributed by atoms with E-state index in [0.717, 1.165) is 23.4 Å². The second-order valence-electron chi connectivity index (χ2n) is 4.71. The SMILES string of the molecule is Cc1cccc(N2CCNCCCS2(=O)=O)c1C. The summed E-state index contributed by atoms with van der Waals surface area (Å²) < 4.78 is 26.2. The van der Waals surface area contributed by atoms with Crippen LogP contribution in [0.1, 0.15) is 17.5 Å². The van der Waals surface area contributed by atoms with Crippen LogP contribution in [-0.4, -0.2) is 33.8 Å². The molecule has 100 valence electrons. The van der Waals surface area contributed by atoms with E-state index in [1.54, 1.807) is 4.31 Å². The van der Waals surface area contributed by atoms with Gasteiger partial charge in [-0.05, 0) is 44.0 Å². The van der Waals surface area contributed by atoms with Crippen LogP contribution >= 0.6 is 0 Å². The largest absolute Gasteiger partial charge is 0.315 e. The third-order valence-corrected chi connectivity index (χ3v) is 5.28. The molecule has 18 heavy (non-hydrogen) atoms. The van der Waals surface area contributed by atoms with E-state index in [1.807, 2.05) is 32.0 Å². The minimum atomic E-state index is -3.18. The van der Waals surface area contributed by atoms with Gasteiger partial charge in [0.1, 0.15) is 0 Å². The van der Waals surface area contributed by atoms with Crippen molar-refractivity contribution in [2.24, 2.45) is 0 Å². The molecule has 2 rings (SSSR count). The van der Waals surface area contributed by atoms with Crippen LogP contribution in [0.15, 0.2) is 18.2 Å². The van der Waals surface area contributed by atoms with E-state index in [9.17, 15) is 8.42 Å². The lowest BCUT2D eigenvalue weighted by molar-refractivity contribution is 0.572. The van der Waals surface area contributed by atoms with Gasteiger partial charge in [-0.1, -0.05) is 12.1 Å². The standard InChI is InChI=1S/C13H20N2O2S/c1-11-5-3-6-13(12(11)2)15-9-8-14-7-4-10-18(15,16)17/h3,5-6,14H,4,7-10H2,1-2H3. The summed E-state index contributed by atoms with van der Waals surface area (Å²) in [6.07, 6.45) is 0.670. The summed E-state index contributed by atoms with van der Waals surface area (Å²) in [5, 5.41) is 3.25. The number of anilines is 1. The predicted octanol–water partition coefficient (Wildman–Crippen LogP) is 1.43. The molecule has 1 aliphatic heterocycles. The predicted molar refractivity (Wildman–Crippen MR) is 74.5 cm³/mol. The summed E-state index contributed by atoms with van der Waals surface area (Å²) in [7, 11) is -3.18. The fourth-order valence-corrected chi connectivity index (χ4v) is 3.81. The van der Waals surface area contributed by atoms with Crippen molar-refractivity contribution < 1.29 is 8.42 Å². The van der Waals surface area contributed by atoms with Gasteiger partial charge >= 0.3 is 0 Å². The molecule has 0 saturated carbocycles. The third kappa shape index (κ3) is 2.67. The van der Waals surface area contributed by atoms with E-state index in [0.29, 0.717) is 19.5 Å². The molecular formula is C13H20N2O2S. The van der Waals surface area contributed by atoms with Gasteiger partial charge in [-0.25, -0.2) is 8.42 Å². The minimum absolute atomic E-state index is 0.216. The number of sulfonamides is 1. The van der Waals surface area contributed by atoms with Crippen LogP contribution in [0.2, 0.25) is 0 Å². The molecule has 1 aromatic carbocycles. The number of rotatable bonds is 1. The normalized spacial score (nSPS) is 20.2. The number of hydrogen-bond acceptors (Lipinski definition) is 3. The topological polar surface area (TPSA) is 49.4 Å². The van der Waals surface area contributed by atoms with Crippen molar-refractivity contribution in [1.29, 1.82) is 0 Å². The minimum Gasteiger partial charge on any atom is -0.315 e. The van der Waals surface area contributed by atoms with Gasteiger partial charge in [0.05, 0.1) is 11.4 Å². The van der Waals surface area contributed by atoms with Gasteiger partial charge in [-0.3, -0.25) is 4.31 Å². The number of nitrogens with zero attached hydrogens (tertiary/aromatic N) is 1. The molecule has 4 nitrogen and oxygen atoms in total. The van der Waals surface area contributed by atoms with Crippen molar-refractivity contribution in [1.82, 2.24) is 5.32 Å². The molecule has 1 N–H and O–H groups in total. The van der Waals surface area contributed by atoms with Crippen molar-refractivity contribution in [3.05, 3.63) is 29.3 Å². The fourth-order valence-electron chi connectivity index (χ4n) is 2.21. The van der Waals surface area contributed by atoms with Crippen molar-refractivity contribution in [2.45, 2.75) is 20.3 Å². The van der Waals surface area contributed by atoms with Crippen LogP contribution in [0.3, 0.4) is 0 Å². The molecule has 0 atom stereocenters. The van der Waals surface area contributed by atoms with Crippen LogP contribution in [0.4, 0.5) is 5.69 Å². The van der Waals surface area contributed by atoms with E-state index in [1.165, 1.54) is 0 Å². The molecule has 0 unspecified atom stereocenters. The van der Waals surface area contributed by atoms with Gasteiger partial charge < -0.3 is 5.32 Å². The maximum absolute atomic E-state index is 12.3. The van der Waals surface area contributed by atoms with Crippen LogP contribution in [0, 0.1) is 13.8 Å². The van der Waals surface area contributed by atoms with Crippen molar-refractivity contribution in [3.8, 4) is 0 Å². The molecule has 0 amide bonds. The molecule has 1 aromatic rings. The van der Waals surface area contributed by atoms with E-state index in [-0.39, 0.29) is 5.75 Å². The summed E-state index contributed by atoms with van der Waals surface area (Å²) in [5.74, 6) is 0.216. The monoisotopic (exact) mass is 268 g/mol. The average Bonchev–Trinajstić information content (AvgIpc) is 2.30. The Hall–Kier alpha value is -1.07. The van der Waals surface area contributed by atoms with E-state index >= 15 is 0 Å². The highest BCUT2D eigenvalue weighted by molar-refractivity contribution is 7.92. The highest BCUT2D eigenvalue weighted by Gasteiger charge is 2.24. The first-order valence-corrected chi connectivity index (χ1v) is 7.90. The summed E-state index contributed by atoms with van der Waals surface area (Å²) >= 11 is 0. The average molecular weight is 268 g/mol. The summed E-state index contributed by atoms with van der Waals surface area (Å²) in [4.78, 5) is 0. The van der Waals surface area contributed by atoms with Crippen LogP contribution < -0.4 is 9.62 Å². The Morgan fingerprint density at radius 2 is 2.00 bits per heavy atom. The highest BCUT2D eigenvalue weighted by Crippen LogP contribution is 2.25. The van der Waals surface area contributed by atoms with E-state index in [4.69, 9.17) is 0 Å². The Kier molecular flexibility index (Phi) is 3.92. The van der Waals surface area contributed by atoms with Gasteiger partial charge in [-0.2, -0.15) is 0 Å². The lowest BCUT2D eigenvalue weighted by Crippen LogP contribution is -2.42. The molecular weight excluding hydrogens is 248 g/mol. The second-order valence-corrected chi connectivity index (χ2v) is 6.72. The van der Waals surface area contributed by atoms with E-state index in [2.05, 4.69) is 5.32 Å². The highest BCUT2D eigenvalue weighted by atomic mass is 32.2. The molecule has 1 fully saturated rings. The first kappa shape index (κ1) is 13.4. The van der Waals surface area contributed by atoms with Crippen molar-refractivity contribution >= 4 is 15.7 Å². The van der Waals surface area contributed by atoms with Gasteiger partial charge in [0.2, 0.25) is 10.0 Å². The van der Waals surface area contributed by atoms with Crippen molar-refractivity contribution in [2.75, 3.05) is 29.7 Å². The zero-order valence-electron chi connectivity index (χ0n) is 10.9. The van der Waals surface area contributed by atoms with Crippen molar-refractivity contribution in [3.63, 3.8) is 0 Å². The zero-order chi connectivity index (χ0) is 13.2. The third-order valence-electron chi connectivity index (χ3n) is 3.43. The molecule has 0 bridgehead atoms. The lowest BCUT2D eigenvalue weighted by atomic mass is 10.1. The quantitative estimate of drug-likeness (QED) is 0.838. The fraction of sp³-hybridized carbons (Fsp3) is 0.538. The molecule has 1 heterocycles. The molecule has 5 heteroatoms. The lowest BCUT2D eigenvalue weighted by Gasteiger charge is -2.28. The van der Waals surface area contributed by atoms with Crippen LogP contribution in [0.5, 0.6) is 0 Å². The molecule has 1 saturated heterocycles. The Morgan fingerprint density at radius 1 is 1.22 bits per heavy atom. The number of aryl methyl sites for hydroxylation is 1.